The molecule has 1 heterocycles. The molecule has 0 saturated carbocycles. The fraction of sp³-hybridized carbons (Fsp3) is 0.114. The Bertz CT molecular complexity index is 4450. The van der Waals surface area contributed by atoms with Crippen LogP contribution < -0.4 is 4.90 Å². The predicted molar refractivity (Wildman–Crippen MR) is 344 cm³/mol. The van der Waals surface area contributed by atoms with Crippen LogP contribution in [0.3, 0.4) is 0 Å². The molecule has 390 valence electrons. The smallest absolute Gasteiger partial charge is 0.0713 e. The average molecular weight is 1040 g/mol. The van der Waals surface area contributed by atoms with E-state index in [1.54, 1.807) is 0 Å². The number of hydrogen-bond acceptors (Lipinski definition) is 1. The van der Waals surface area contributed by atoms with Gasteiger partial charge in [0, 0.05) is 33.3 Å². The zero-order chi connectivity index (χ0) is 55.0. The molecule has 12 aromatic carbocycles. The van der Waals surface area contributed by atoms with Crippen molar-refractivity contribution in [3.63, 3.8) is 0 Å². The molecule has 1 aromatic heterocycles. The summed E-state index contributed by atoms with van der Waals surface area (Å²) in [5.74, 6) is 0. The molecule has 0 amide bonds. The van der Waals surface area contributed by atoms with E-state index in [4.69, 9.17) is 0 Å². The van der Waals surface area contributed by atoms with Crippen LogP contribution in [0.25, 0.3) is 82.8 Å². The molecular weight excluding hydrogens is 977 g/mol. The zero-order valence-corrected chi connectivity index (χ0v) is 47.0. The maximum atomic E-state index is 2.56. The van der Waals surface area contributed by atoms with Gasteiger partial charge in [-0.25, -0.2) is 0 Å². The molecule has 1 aliphatic carbocycles. The van der Waals surface area contributed by atoms with Gasteiger partial charge < -0.3 is 9.47 Å². The largest absolute Gasteiger partial charge is 0.309 e. The van der Waals surface area contributed by atoms with E-state index in [0.717, 1.165) is 39.4 Å². The highest BCUT2D eigenvalue weighted by Crippen LogP contribution is 2.59. The Kier molecular flexibility index (Phi) is 11.9. The van der Waals surface area contributed by atoms with E-state index in [2.05, 4.69) is 330 Å². The van der Waals surface area contributed by atoms with E-state index < -0.39 is 5.41 Å². The second-order valence-electron chi connectivity index (χ2n) is 24.0. The number of hydrogen-bond donors (Lipinski definition) is 0. The third-order valence-electron chi connectivity index (χ3n) is 17.2. The fourth-order valence-electron chi connectivity index (χ4n) is 13.3. The topological polar surface area (TPSA) is 8.17 Å². The Balaban J connectivity index is 1.06. The van der Waals surface area contributed by atoms with Crippen LogP contribution >= 0.6 is 0 Å². The van der Waals surface area contributed by atoms with Gasteiger partial charge in [-0.3, -0.25) is 0 Å². The molecule has 0 saturated heterocycles. The average Bonchev–Trinajstić information content (AvgIpc) is 4.11. The summed E-state index contributed by atoms with van der Waals surface area (Å²) in [5, 5.41) is 4.85. The van der Waals surface area contributed by atoms with E-state index in [1.165, 1.54) is 93.8 Å². The molecule has 14 rings (SSSR count). The molecule has 2 nitrogen and oxygen atoms in total. The predicted octanol–water partition coefficient (Wildman–Crippen LogP) is 21.4. The van der Waals surface area contributed by atoms with Crippen molar-refractivity contribution in [2.24, 2.45) is 0 Å². The molecule has 13 aromatic rings. The Labute approximate surface area is 476 Å². The van der Waals surface area contributed by atoms with Crippen molar-refractivity contribution in [3.05, 3.63) is 312 Å². The number of nitrogens with zero attached hydrogens (tertiary/aromatic N) is 2. The minimum atomic E-state index is -0.546. The van der Waals surface area contributed by atoms with Crippen molar-refractivity contribution in [1.29, 1.82) is 0 Å². The van der Waals surface area contributed by atoms with Crippen LogP contribution in [0.4, 0.5) is 17.1 Å². The van der Waals surface area contributed by atoms with Gasteiger partial charge in [0.25, 0.3) is 0 Å². The summed E-state index contributed by atoms with van der Waals surface area (Å²) in [7, 11) is 0. The molecule has 0 N–H and O–H groups in total. The molecule has 0 radical (unpaired) electrons. The molecule has 0 fully saturated rings. The van der Waals surface area contributed by atoms with Crippen molar-refractivity contribution in [2.75, 3.05) is 4.90 Å². The minimum Gasteiger partial charge on any atom is -0.309 e. The number of rotatable bonds is 9. The Morgan fingerprint density at radius 3 is 1.47 bits per heavy atom. The van der Waals surface area contributed by atoms with Gasteiger partial charge in [0.2, 0.25) is 0 Å². The molecule has 0 unspecified atom stereocenters. The SMILES string of the molecule is CC(C)(C)c1cc(-c2cccc3cccc(-c4ccccc4N(c4ccc5c(c4)c4ccccc4n5-c4ccccc4)c4ccccc4-c4cccc5c4-c4ccccc4C5(c4ccccc4)c4ccccc4)c23)cc(C(C)(C)C)c1. The summed E-state index contributed by atoms with van der Waals surface area (Å²) in [4.78, 5) is 2.56. The first-order chi connectivity index (χ1) is 39.5. The summed E-state index contributed by atoms with van der Waals surface area (Å²) in [5.41, 5.74) is 23.5. The number of anilines is 3. The molecule has 0 atom stereocenters. The van der Waals surface area contributed by atoms with Crippen LogP contribution in [0, 0.1) is 0 Å². The van der Waals surface area contributed by atoms with Crippen LogP contribution in [0.2, 0.25) is 0 Å². The normalized spacial score (nSPS) is 12.9. The van der Waals surface area contributed by atoms with Gasteiger partial charge in [-0.2, -0.15) is 0 Å². The number of para-hydroxylation sites is 4. The minimum absolute atomic E-state index is 0.0377. The van der Waals surface area contributed by atoms with E-state index in [-0.39, 0.29) is 10.8 Å². The summed E-state index contributed by atoms with van der Waals surface area (Å²) in [6.07, 6.45) is 0. The third-order valence-corrected chi connectivity index (χ3v) is 17.2. The third kappa shape index (κ3) is 8.15. The summed E-state index contributed by atoms with van der Waals surface area (Å²) in [6.45, 7) is 14.0. The van der Waals surface area contributed by atoms with Crippen molar-refractivity contribution in [3.8, 4) is 50.2 Å². The van der Waals surface area contributed by atoms with E-state index >= 15 is 0 Å². The lowest BCUT2D eigenvalue weighted by molar-refractivity contribution is 0.569. The lowest BCUT2D eigenvalue weighted by Crippen LogP contribution is -2.28. The van der Waals surface area contributed by atoms with Gasteiger partial charge in [0.15, 0.2) is 0 Å². The van der Waals surface area contributed by atoms with Gasteiger partial charge in [-0.05, 0) is 137 Å². The lowest BCUT2D eigenvalue weighted by Gasteiger charge is -2.34. The highest BCUT2D eigenvalue weighted by molar-refractivity contribution is 6.13. The first-order valence-electron chi connectivity index (χ1n) is 28.6. The van der Waals surface area contributed by atoms with Gasteiger partial charge in [0.05, 0.1) is 27.8 Å². The highest BCUT2D eigenvalue weighted by atomic mass is 15.1. The van der Waals surface area contributed by atoms with Gasteiger partial charge in [-0.1, -0.05) is 272 Å². The van der Waals surface area contributed by atoms with Gasteiger partial charge >= 0.3 is 0 Å². The van der Waals surface area contributed by atoms with Gasteiger partial charge in [-0.15, -0.1) is 0 Å². The second kappa shape index (κ2) is 19.4. The number of benzene rings is 12. The first kappa shape index (κ1) is 49.8. The van der Waals surface area contributed by atoms with E-state index in [1.807, 2.05) is 0 Å². The van der Waals surface area contributed by atoms with Crippen LogP contribution in [-0.4, -0.2) is 4.57 Å². The molecule has 81 heavy (non-hydrogen) atoms. The van der Waals surface area contributed by atoms with Crippen molar-refractivity contribution >= 4 is 49.6 Å². The molecule has 1 aliphatic rings. The Morgan fingerprint density at radius 2 is 0.827 bits per heavy atom. The number of aromatic nitrogens is 1. The maximum absolute atomic E-state index is 2.56. The van der Waals surface area contributed by atoms with Crippen molar-refractivity contribution < 1.29 is 0 Å². The zero-order valence-electron chi connectivity index (χ0n) is 47.0. The van der Waals surface area contributed by atoms with E-state index in [0.29, 0.717) is 0 Å². The standard InChI is InChI=1S/C79H64N2/c1-77(2,3)57-49-54(50-58(51-57)78(4,5)6)61-39-24-27-53-28-25-40-65(75(53)61)62-35-17-21-44-71(62)81(60-47-48-74-68(52-60)64-37-19-23-46-73(64)80(74)59-33-14-9-15-34-59)72-45-22-18-36-63(72)66-41-26-43-70-76(66)67-38-16-20-42-69(67)79(70,55-29-10-7-11-30-55)56-31-12-8-13-32-56/h7-52H,1-6H3. The molecule has 0 aliphatic heterocycles. The Hall–Kier alpha value is -9.50. The molecule has 0 spiro atoms. The monoisotopic (exact) mass is 1040 g/mol. The summed E-state index contributed by atoms with van der Waals surface area (Å²) < 4.78 is 2.41. The first-order valence-corrected chi connectivity index (χ1v) is 28.6. The maximum Gasteiger partial charge on any atom is 0.0713 e. The Morgan fingerprint density at radius 1 is 0.346 bits per heavy atom. The highest BCUT2D eigenvalue weighted by Gasteiger charge is 2.47. The van der Waals surface area contributed by atoms with Crippen LogP contribution in [0.15, 0.2) is 279 Å². The molecule has 0 bridgehead atoms. The number of fused-ring (bicyclic) bond motifs is 7. The van der Waals surface area contributed by atoms with Crippen molar-refractivity contribution in [2.45, 2.75) is 57.8 Å². The van der Waals surface area contributed by atoms with Crippen molar-refractivity contribution in [1.82, 2.24) is 4.57 Å². The summed E-state index contributed by atoms with van der Waals surface area (Å²) in [6, 6.07) is 104. The second-order valence-corrected chi connectivity index (χ2v) is 24.0. The molecule has 2 heteroatoms. The van der Waals surface area contributed by atoms with Crippen LogP contribution in [-0.2, 0) is 16.2 Å². The van der Waals surface area contributed by atoms with Crippen LogP contribution in [0.5, 0.6) is 0 Å². The fourth-order valence-corrected chi connectivity index (χ4v) is 13.3. The van der Waals surface area contributed by atoms with Crippen LogP contribution in [0.1, 0.15) is 74.9 Å². The quantitative estimate of drug-likeness (QED) is 0.140. The van der Waals surface area contributed by atoms with Gasteiger partial charge in [0.1, 0.15) is 0 Å². The van der Waals surface area contributed by atoms with E-state index in [9.17, 15) is 0 Å². The molecular formula is C79H64N2. The summed E-state index contributed by atoms with van der Waals surface area (Å²) >= 11 is 0. The lowest BCUT2D eigenvalue weighted by atomic mass is 9.67.